The van der Waals surface area contributed by atoms with Crippen LogP contribution in [0.15, 0.2) is 57.6 Å². The average molecular weight is 432 g/mol. The summed E-state index contributed by atoms with van der Waals surface area (Å²) in [6.45, 7) is 2.88. The van der Waals surface area contributed by atoms with Gasteiger partial charge in [0.15, 0.2) is 6.10 Å². The minimum Gasteiger partial charge on any atom is -0.464 e. The van der Waals surface area contributed by atoms with Crippen molar-refractivity contribution >= 4 is 16.9 Å². The third-order valence-electron chi connectivity index (χ3n) is 4.33. The van der Waals surface area contributed by atoms with Gasteiger partial charge >= 0.3 is 12.3 Å². The lowest BCUT2D eigenvalue weighted by Gasteiger charge is -2.09. The number of rotatable bonds is 5. The Labute approximate surface area is 173 Å². The van der Waals surface area contributed by atoms with Crippen LogP contribution in [-0.2, 0) is 9.53 Å². The number of aromatic nitrogens is 2. The number of fused-ring (bicyclic) bond motifs is 1. The summed E-state index contributed by atoms with van der Waals surface area (Å²) < 4.78 is 57.8. The van der Waals surface area contributed by atoms with E-state index in [1.54, 1.807) is 31.2 Å². The number of carbonyl (C=O) groups is 1. The second-order valence-corrected chi connectivity index (χ2v) is 6.63. The minimum atomic E-state index is -4.79. The van der Waals surface area contributed by atoms with Gasteiger partial charge in [0.05, 0.1) is 6.26 Å². The van der Waals surface area contributed by atoms with Gasteiger partial charge in [-0.3, -0.25) is 4.79 Å². The molecule has 2 aromatic carbocycles. The van der Waals surface area contributed by atoms with Gasteiger partial charge in [0, 0.05) is 23.4 Å². The maximum absolute atomic E-state index is 12.5. The van der Waals surface area contributed by atoms with Crippen LogP contribution in [0.1, 0.15) is 25.8 Å². The van der Waals surface area contributed by atoms with Gasteiger partial charge < -0.3 is 18.3 Å². The molecular formula is C21H15F3N2O5. The number of halogens is 3. The van der Waals surface area contributed by atoms with Gasteiger partial charge in [0.25, 0.3) is 5.89 Å². The highest BCUT2D eigenvalue weighted by molar-refractivity contribution is 5.96. The van der Waals surface area contributed by atoms with Crippen molar-refractivity contribution in [3.8, 4) is 28.3 Å². The van der Waals surface area contributed by atoms with Gasteiger partial charge in [-0.15, -0.1) is 23.4 Å². The fourth-order valence-corrected chi connectivity index (χ4v) is 3.06. The van der Waals surface area contributed by atoms with Crippen molar-refractivity contribution in [2.75, 3.05) is 0 Å². The van der Waals surface area contributed by atoms with Crippen LogP contribution in [0.2, 0.25) is 0 Å². The smallest absolute Gasteiger partial charge is 0.464 e. The Morgan fingerprint density at radius 2 is 1.90 bits per heavy atom. The standard InChI is InChI=1S/C21H15F3N2O5/c1-11(29-12(2)27)19-25-26-20(30-19)14-6-7-18-16(9-14)17(10-28-18)13-4-3-5-15(8-13)31-21(22,23)24/h3-11H,1-2H3/t11-/m0/s1. The van der Waals surface area contributed by atoms with E-state index in [4.69, 9.17) is 13.6 Å². The summed E-state index contributed by atoms with van der Waals surface area (Å²) in [4.78, 5) is 11.1. The van der Waals surface area contributed by atoms with E-state index in [1.165, 1.54) is 31.4 Å². The number of furan rings is 1. The summed E-state index contributed by atoms with van der Waals surface area (Å²) in [5.41, 5.74) is 2.13. The Morgan fingerprint density at radius 1 is 1.10 bits per heavy atom. The van der Waals surface area contributed by atoms with Gasteiger partial charge in [-0.2, -0.15) is 0 Å². The van der Waals surface area contributed by atoms with Crippen LogP contribution >= 0.6 is 0 Å². The van der Waals surface area contributed by atoms with Crippen LogP contribution in [0.4, 0.5) is 13.2 Å². The third-order valence-corrected chi connectivity index (χ3v) is 4.33. The molecule has 2 aromatic heterocycles. The number of esters is 1. The first kappa shape index (κ1) is 20.5. The van der Waals surface area contributed by atoms with Crippen LogP contribution in [0.3, 0.4) is 0 Å². The van der Waals surface area contributed by atoms with Crippen LogP contribution in [0.25, 0.3) is 33.6 Å². The van der Waals surface area contributed by atoms with E-state index in [0.29, 0.717) is 27.7 Å². The highest BCUT2D eigenvalue weighted by Gasteiger charge is 2.31. The summed E-state index contributed by atoms with van der Waals surface area (Å²) in [6.07, 6.45) is -4.05. The Hall–Kier alpha value is -3.82. The number of hydrogen-bond acceptors (Lipinski definition) is 7. The maximum Gasteiger partial charge on any atom is 0.573 e. The van der Waals surface area contributed by atoms with Crippen molar-refractivity contribution in [1.82, 2.24) is 10.2 Å². The molecule has 0 fully saturated rings. The minimum absolute atomic E-state index is 0.134. The van der Waals surface area contributed by atoms with Crippen molar-refractivity contribution in [3.63, 3.8) is 0 Å². The molecule has 0 spiro atoms. The Bertz CT molecular complexity index is 1250. The van der Waals surface area contributed by atoms with Crippen molar-refractivity contribution in [3.05, 3.63) is 54.6 Å². The topological polar surface area (TPSA) is 87.6 Å². The van der Waals surface area contributed by atoms with Gasteiger partial charge in [0.2, 0.25) is 5.89 Å². The van der Waals surface area contributed by atoms with E-state index in [2.05, 4.69) is 14.9 Å². The highest BCUT2D eigenvalue weighted by atomic mass is 19.4. The van der Waals surface area contributed by atoms with Crippen LogP contribution in [0.5, 0.6) is 5.75 Å². The number of nitrogens with zero attached hydrogens (tertiary/aromatic N) is 2. The molecule has 2 heterocycles. The molecule has 0 saturated carbocycles. The first-order valence-corrected chi connectivity index (χ1v) is 9.08. The molecule has 0 radical (unpaired) electrons. The number of ether oxygens (including phenoxy) is 2. The fraction of sp³-hybridized carbons (Fsp3) is 0.190. The molecule has 0 amide bonds. The number of benzene rings is 2. The molecule has 0 aliphatic carbocycles. The molecule has 0 saturated heterocycles. The van der Waals surface area contributed by atoms with E-state index in [-0.39, 0.29) is 17.5 Å². The second kappa shape index (κ2) is 7.78. The third kappa shape index (κ3) is 4.52. The molecule has 0 unspecified atom stereocenters. The van der Waals surface area contributed by atoms with Crippen LogP contribution in [-0.4, -0.2) is 22.5 Å². The molecule has 4 rings (SSSR count). The van der Waals surface area contributed by atoms with Crippen molar-refractivity contribution in [2.45, 2.75) is 26.3 Å². The zero-order chi connectivity index (χ0) is 22.2. The molecule has 0 aliphatic heterocycles. The molecule has 10 heteroatoms. The van der Waals surface area contributed by atoms with E-state index in [0.717, 1.165) is 0 Å². The first-order chi connectivity index (χ1) is 14.7. The monoisotopic (exact) mass is 432 g/mol. The summed E-state index contributed by atoms with van der Waals surface area (Å²) in [7, 11) is 0. The summed E-state index contributed by atoms with van der Waals surface area (Å²) in [5, 5.41) is 8.51. The Balaban J connectivity index is 1.69. The predicted molar refractivity (Wildman–Crippen MR) is 102 cm³/mol. The first-order valence-electron chi connectivity index (χ1n) is 9.08. The van der Waals surface area contributed by atoms with Gasteiger partial charge in [-0.05, 0) is 42.8 Å². The lowest BCUT2D eigenvalue weighted by Crippen LogP contribution is -2.17. The molecule has 0 N–H and O–H groups in total. The number of carbonyl (C=O) groups excluding carboxylic acids is 1. The summed E-state index contributed by atoms with van der Waals surface area (Å²) in [6, 6.07) is 10.7. The SMILES string of the molecule is CC(=O)O[C@@H](C)c1nnc(-c2ccc3occ(-c4cccc(OC(F)(F)F)c4)c3c2)o1. The number of alkyl halides is 3. The largest absolute Gasteiger partial charge is 0.573 e. The van der Waals surface area contributed by atoms with Gasteiger partial charge in [-0.25, -0.2) is 0 Å². The molecule has 160 valence electrons. The fourth-order valence-electron chi connectivity index (χ4n) is 3.06. The maximum atomic E-state index is 12.5. The molecule has 1 atom stereocenters. The van der Waals surface area contributed by atoms with Crippen LogP contribution in [0, 0.1) is 0 Å². The molecule has 4 aromatic rings. The van der Waals surface area contributed by atoms with E-state index in [9.17, 15) is 18.0 Å². The average Bonchev–Trinajstić information content (AvgIpc) is 3.33. The Morgan fingerprint density at radius 3 is 2.65 bits per heavy atom. The van der Waals surface area contributed by atoms with Crippen LogP contribution < -0.4 is 4.74 Å². The van der Waals surface area contributed by atoms with Gasteiger partial charge in [0.1, 0.15) is 11.3 Å². The molecule has 0 aliphatic rings. The Kier molecular flexibility index (Phi) is 5.14. The molecule has 7 nitrogen and oxygen atoms in total. The van der Waals surface area contributed by atoms with Gasteiger partial charge in [-0.1, -0.05) is 12.1 Å². The lowest BCUT2D eigenvalue weighted by atomic mass is 10.0. The predicted octanol–water partition coefficient (Wildman–Crippen LogP) is 5.67. The van der Waals surface area contributed by atoms with E-state index in [1.807, 2.05) is 0 Å². The number of hydrogen-bond donors (Lipinski definition) is 0. The van der Waals surface area contributed by atoms with Crippen molar-refractivity contribution in [2.24, 2.45) is 0 Å². The van der Waals surface area contributed by atoms with E-state index >= 15 is 0 Å². The molecule has 0 bridgehead atoms. The lowest BCUT2D eigenvalue weighted by molar-refractivity contribution is -0.274. The summed E-state index contributed by atoms with van der Waals surface area (Å²) in [5.74, 6) is -0.489. The zero-order valence-electron chi connectivity index (χ0n) is 16.3. The molecular weight excluding hydrogens is 417 g/mol. The quantitative estimate of drug-likeness (QED) is 0.375. The normalized spacial score (nSPS) is 12.7. The zero-order valence-corrected chi connectivity index (χ0v) is 16.3. The summed E-state index contributed by atoms with van der Waals surface area (Å²) >= 11 is 0. The highest BCUT2D eigenvalue weighted by Crippen LogP contribution is 2.36. The molecule has 31 heavy (non-hydrogen) atoms. The second-order valence-electron chi connectivity index (χ2n) is 6.63. The van der Waals surface area contributed by atoms with Crippen molar-refractivity contribution < 1.29 is 36.3 Å². The van der Waals surface area contributed by atoms with Crippen molar-refractivity contribution in [1.29, 1.82) is 0 Å². The van der Waals surface area contributed by atoms with E-state index < -0.39 is 18.4 Å².